The molecule has 14 heavy (non-hydrogen) atoms. The molecule has 1 aromatic rings. The zero-order valence-electron chi connectivity index (χ0n) is 8.02. The van der Waals surface area contributed by atoms with E-state index in [-0.39, 0.29) is 0 Å². The highest BCUT2D eigenvalue weighted by Gasteiger charge is 2.11. The van der Waals surface area contributed by atoms with Crippen molar-refractivity contribution in [2.24, 2.45) is 0 Å². The Bertz CT molecular complexity index is 343. The number of hydroxylamine groups is 1. The van der Waals surface area contributed by atoms with Crippen LogP contribution >= 0.6 is 0 Å². The molecule has 0 bridgehead atoms. The van der Waals surface area contributed by atoms with Gasteiger partial charge in [0, 0.05) is 0 Å². The summed E-state index contributed by atoms with van der Waals surface area (Å²) in [5.74, 6) is 0. The molecule has 0 fully saturated rings. The van der Waals surface area contributed by atoms with Gasteiger partial charge in [0.1, 0.15) is 0 Å². The van der Waals surface area contributed by atoms with Crippen molar-refractivity contribution in [2.75, 3.05) is 18.2 Å². The monoisotopic (exact) mass is 187 g/mol. The van der Waals surface area contributed by atoms with E-state index >= 15 is 0 Å². The first-order valence-electron chi connectivity index (χ1n) is 4.67. The third kappa shape index (κ3) is 1.86. The number of anilines is 1. The Morgan fingerprint density at radius 1 is 1.29 bits per heavy atom. The Hall–Kier alpha value is -1.54. The zero-order chi connectivity index (χ0) is 9.80. The SMILES string of the molecule is C=CC1=CCON(c2ccccc2)C1. The fraction of sp³-hybridized carbons (Fsp3) is 0.167. The van der Waals surface area contributed by atoms with E-state index in [1.807, 2.05) is 47.5 Å². The molecular weight excluding hydrogens is 174 g/mol. The first-order valence-corrected chi connectivity index (χ1v) is 4.67. The fourth-order valence-corrected chi connectivity index (χ4v) is 1.42. The van der Waals surface area contributed by atoms with Gasteiger partial charge in [-0.3, -0.25) is 4.84 Å². The van der Waals surface area contributed by atoms with Crippen molar-refractivity contribution in [3.05, 3.63) is 54.6 Å². The van der Waals surface area contributed by atoms with Crippen molar-refractivity contribution >= 4 is 5.69 Å². The third-order valence-corrected chi connectivity index (χ3v) is 2.21. The summed E-state index contributed by atoms with van der Waals surface area (Å²) in [6.07, 6.45) is 3.92. The Morgan fingerprint density at radius 3 is 2.79 bits per heavy atom. The van der Waals surface area contributed by atoms with Crippen LogP contribution in [0.2, 0.25) is 0 Å². The van der Waals surface area contributed by atoms with E-state index in [9.17, 15) is 0 Å². The molecule has 0 amide bonds. The van der Waals surface area contributed by atoms with Crippen LogP contribution in [0.3, 0.4) is 0 Å². The average molecular weight is 187 g/mol. The Morgan fingerprint density at radius 2 is 2.07 bits per heavy atom. The molecule has 2 rings (SSSR count). The second kappa shape index (κ2) is 4.11. The quantitative estimate of drug-likeness (QED) is 0.705. The normalized spacial score (nSPS) is 16.3. The van der Waals surface area contributed by atoms with E-state index in [2.05, 4.69) is 6.58 Å². The van der Waals surface area contributed by atoms with Gasteiger partial charge in [0.05, 0.1) is 18.8 Å². The summed E-state index contributed by atoms with van der Waals surface area (Å²) >= 11 is 0. The lowest BCUT2D eigenvalue weighted by molar-refractivity contribution is 0.130. The minimum absolute atomic E-state index is 0.621. The predicted molar refractivity (Wildman–Crippen MR) is 58.0 cm³/mol. The highest BCUT2D eigenvalue weighted by atomic mass is 16.7. The molecule has 0 aliphatic carbocycles. The molecule has 1 aliphatic rings. The lowest BCUT2D eigenvalue weighted by atomic mass is 10.2. The highest BCUT2D eigenvalue weighted by molar-refractivity contribution is 5.46. The number of hydrogen-bond acceptors (Lipinski definition) is 2. The number of hydrogen-bond donors (Lipinski definition) is 0. The fourth-order valence-electron chi connectivity index (χ4n) is 1.42. The van der Waals surface area contributed by atoms with E-state index < -0.39 is 0 Å². The minimum Gasteiger partial charge on any atom is -0.269 e. The van der Waals surface area contributed by atoms with Crippen LogP contribution in [0, 0.1) is 0 Å². The molecule has 0 unspecified atom stereocenters. The number of benzene rings is 1. The maximum absolute atomic E-state index is 5.51. The Labute approximate surface area is 84.1 Å². The average Bonchev–Trinajstić information content (AvgIpc) is 2.30. The van der Waals surface area contributed by atoms with Gasteiger partial charge in [-0.15, -0.1) is 0 Å². The summed E-state index contributed by atoms with van der Waals surface area (Å²) in [6, 6.07) is 10.1. The standard InChI is InChI=1S/C12H13NO/c1-2-11-8-9-14-13(10-11)12-6-4-3-5-7-12/h2-8H,1,9-10H2. The molecule has 0 N–H and O–H groups in total. The van der Waals surface area contributed by atoms with Crippen LogP contribution in [0.5, 0.6) is 0 Å². The molecule has 0 radical (unpaired) electrons. The van der Waals surface area contributed by atoms with Gasteiger partial charge in [-0.05, 0) is 17.7 Å². The second-order valence-corrected chi connectivity index (χ2v) is 3.15. The van der Waals surface area contributed by atoms with Crippen molar-refractivity contribution < 1.29 is 4.84 Å². The van der Waals surface area contributed by atoms with E-state index in [1.165, 1.54) is 5.57 Å². The summed E-state index contributed by atoms with van der Waals surface area (Å²) in [5.41, 5.74) is 2.29. The van der Waals surface area contributed by atoms with Gasteiger partial charge in [0.15, 0.2) is 0 Å². The van der Waals surface area contributed by atoms with E-state index in [4.69, 9.17) is 4.84 Å². The van der Waals surface area contributed by atoms with E-state index in [1.54, 1.807) is 0 Å². The maximum atomic E-state index is 5.51. The van der Waals surface area contributed by atoms with Crippen molar-refractivity contribution in [3.8, 4) is 0 Å². The molecule has 2 nitrogen and oxygen atoms in total. The molecule has 1 aromatic carbocycles. The molecule has 72 valence electrons. The summed E-state index contributed by atoms with van der Waals surface area (Å²) in [4.78, 5) is 5.51. The Kier molecular flexibility index (Phi) is 2.65. The molecule has 1 heterocycles. The van der Waals surface area contributed by atoms with Crippen LogP contribution in [0.4, 0.5) is 5.69 Å². The van der Waals surface area contributed by atoms with Gasteiger partial charge >= 0.3 is 0 Å². The summed E-state index contributed by atoms with van der Waals surface area (Å²) in [5, 5.41) is 1.89. The number of para-hydroxylation sites is 1. The van der Waals surface area contributed by atoms with Crippen LogP contribution in [0.15, 0.2) is 54.6 Å². The molecule has 0 aromatic heterocycles. The van der Waals surface area contributed by atoms with Gasteiger partial charge in [-0.1, -0.05) is 36.9 Å². The lowest BCUT2D eigenvalue weighted by Crippen LogP contribution is -2.29. The zero-order valence-corrected chi connectivity index (χ0v) is 8.02. The predicted octanol–water partition coefficient (Wildman–Crippen LogP) is 2.55. The van der Waals surface area contributed by atoms with Crippen LogP contribution in [-0.4, -0.2) is 13.2 Å². The first kappa shape index (κ1) is 9.03. The van der Waals surface area contributed by atoms with Crippen LogP contribution < -0.4 is 5.06 Å². The van der Waals surface area contributed by atoms with Crippen molar-refractivity contribution in [1.82, 2.24) is 0 Å². The van der Waals surface area contributed by atoms with Crippen molar-refractivity contribution in [2.45, 2.75) is 0 Å². The van der Waals surface area contributed by atoms with Crippen molar-refractivity contribution in [3.63, 3.8) is 0 Å². The maximum Gasteiger partial charge on any atom is 0.0936 e. The van der Waals surface area contributed by atoms with Gasteiger partial charge in [0.2, 0.25) is 0 Å². The third-order valence-electron chi connectivity index (χ3n) is 2.21. The largest absolute Gasteiger partial charge is 0.269 e. The Balaban J connectivity index is 2.15. The molecule has 0 saturated heterocycles. The second-order valence-electron chi connectivity index (χ2n) is 3.15. The van der Waals surface area contributed by atoms with Crippen LogP contribution in [-0.2, 0) is 4.84 Å². The number of nitrogens with zero attached hydrogens (tertiary/aromatic N) is 1. The molecule has 0 atom stereocenters. The highest BCUT2D eigenvalue weighted by Crippen LogP contribution is 2.18. The van der Waals surface area contributed by atoms with Crippen LogP contribution in [0.1, 0.15) is 0 Å². The molecule has 0 spiro atoms. The molecule has 0 saturated carbocycles. The molecule has 1 aliphatic heterocycles. The van der Waals surface area contributed by atoms with E-state index in [0.717, 1.165) is 12.2 Å². The molecule has 2 heteroatoms. The van der Waals surface area contributed by atoms with Gasteiger partial charge < -0.3 is 0 Å². The van der Waals surface area contributed by atoms with E-state index in [0.29, 0.717) is 6.61 Å². The smallest absolute Gasteiger partial charge is 0.0936 e. The molecular formula is C12H13NO. The summed E-state index contributed by atoms with van der Waals surface area (Å²) in [6.45, 7) is 5.15. The first-order chi connectivity index (χ1) is 6.90. The summed E-state index contributed by atoms with van der Waals surface area (Å²) in [7, 11) is 0. The summed E-state index contributed by atoms with van der Waals surface area (Å²) < 4.78 is 0. The number of rotatable bonds is 2. The topological polar surface area (TPSA) is 12.5 Å². The van der Waals surface area contributed by atoms with Gasteiger partial charge in [0.25, 0.3) is 0 Å². The minimum atomic E-state index is 0.621. The lowest BCUT2D eigenvalue weighted by Gasteiger charge is -2.27. The van der Waals surface area contributed by atoms with Gasteiger partial charge in [-0.2, -0.15) is 0 Å². The van der Waals surface area contributed by atoms with Gasteiger partial charge in [-0.25, -0.2) is 5.06 Å². The van der Waals surface area contributed by atoms with Crippen molar-refractivity contribution in [1.29, 1.82) is 0 Å². The van der Waals surface area contributed by atoms with Crippen LogP contribution in [0.25, 0.3) is 0 Å².